The van der Waals surface area contributed by atoms with Crippen molar-refractivity contribution in [1.82, 2.24) is 15.6 Å². The number of H-pyrrole nitrogens is 1. The lowest BCUT2D eigenvalue weighted by molar-refractivity contribution is -0.625. The molecule has 0 spiro atoms. The maximum atomic E-state index is 12.6. The number of thioether (sulfide) groups is 1. The van der Waals surface area contributed by atoms with E-state index in [1.165, 1.54) is 18.0 Å². The number of amides is 1. The van der Waals surface area contributed by atoms with Gasteiger partial charge in [-0.25, -0.2) is 5.43 Å². The summed E-state index contributed by atoms with van der Waals surface area (Å²) in [6.45, 7) is 2.04. The van der Waals surface area contributed by atoms with Crippen molar-refractivity contribution >= 4 is 34.7 Å². The van der Waals surface area contributed by atoms with Crippen molar-refractivity contribution in [2.45, 2.75) is 12.1 Å². The van der Waals surface area contributed by atoms with Crippen LogP contribution in [-0.2, 0) is 4.79 Å². The van der Waals surface area contributed by atoms with E-state index in [9.17, 15) is 9.90 Å². The number of rotatable bonds is 8. The molecular formula is C29H26N5O3S+. The first-order valence-corrected chi connectivity index (χ1v) is 12.9. The van der Waals surface area contributed by atoms with Crippen LogP contribution < -0.4 is 14.7 Å². The smallest absolute Gasteiger partial charge is 0.342 e. The van der Waals surface area contributed by atoms with E-state index in [1.807, 2.05) is 90.4 Å². The Morgan fingerprint density at radius 3 is 2.61 bits per heavy atom. The van der Waals surface area contributed by atoms with Crippen LogP contribution in [-0.4, -0.2) is 40.3 Å². The molecular weight excluding hydrogens is 498 g/mol. The molecule has 0 aliphatic heterocycles. The fraction of sp³-hybridized carbons (Fsp3) is 0.103. The summed E-state index contributed by atoms with van der Waals surface area (Å²) in [5.41, 5.74) is 6.10. The van der Waals surface area contributed by atoms with Crippen LogP contribution in [0.25, 0.3) is 27.8 Å². The minimum absolute atomic E-state index is 0.0905. The number of nitrogens with one attached hydrogen (secondary N) is 2. The topological polar surface area (TPSA) is 103 Å². The molecule has 5 rings (SSSR count). The number of aromatic amines is 1. The molecule has 4 aromatic carbocycles. The van der Waals surface area contributed by atoms with Crippen LogP contribution in [0.3, 0.4) is 0 Å². The number of nitrogens with zero attached hydrogens (tertiary/aromatic N) is 3. The number of hydrazone groups is 1. The third-order valence-corrected chi connectivity index (χ3v) is 6.93. The fourth-order valence-electron chi connectivity index (χ4n) is 4.02. The standard InChI is InChI=1S/C29H25N5O3S/c1-19-7-9-21(10-8-19)28-32-33-29(34(28)22-12-14-23(37-2)15-13-22)38-18-27(36)31-30-17-25-24-6-4-3-5-20(24)11-16-26(25)35/h3-17H,18H2,1-2H3,(H2,30,31,35,36)/p+1. The predicted octanol–water partition coefficient (Wildman–Crippen LogP) is 4.77. The van der Waals surface area contributed by atoms with Gasteiger partial charge in [0.2, 0.25) is 0 Å². The lowest BCUT2D eigenvalue weighted by Gasteiger charge is -2.06. The number of methoxy groups -OCH3 is 1. The third kappa shape index (κ3) is 5.37. The lowest BCUT2D eigenvalue weighted by atomic mass is 10.0. The Balaban J connectivity index is 1.34. The minimum atomic E-state index is -0.299. The normalized spacial score (nSPS) is 11.2. The molecule has 9 heteroatoms. The van der Waals surface area contributed by atoms with Crippen LogP contribution in [0.5, 0.6) is 11.5 Å². The van der Waals surface area contributed by atoms with Crippen molar-refractivity contribution in [3.63, 3.8) is 0 Å². The minimum Gasteiger partial charge on any atom is -0.507 e. The Morgan fingerprint density at radius 1 is 1.08 bits per heavy atom. The molecule has 0 unspecified atom stereocenters. The molecule has 38 heavy (non-hydrogen) atoms. The Hall–Kier alpha value is -4.63. The van der Waals surface area contributed by atoms with E-state index in [0.29, 0.717) is 10.7 Å². The van der Waals surface area contributed by atoms with Crippen molar-refractivity contribution in [2.75, 3.05) is 12.9 Å². The highest BCUT2D eigenvalue weighted by Crippen LogP contribution is 2.25. The summed E-state index contributed by atoms with van der Waals surface area (Å²) in [7, 11) is 1.63. The van der Waals surface area contributed by atoms with Crippen molar-refractivity contribution in [1.29, 1.82) is 0 Å². The molecule has 1 amide bonds. The molecule has 0 aliphatic rings. The number of phenols is 1. The quantitative estimate of drug-likeness (QED) is 0.117. The number of benzene rings is 4. The molecule has 8 nitrogen and oxygen atoms in total. The Kier molecular flexibility index (Phi) is 7.37. The van der Waals surface area contributed by atoms with Gasteiger partial charge in [0.1, 0.15) is 17.2 Å². The van der Waals surface area contributed by atoms with Crippen LogP contribution in [0.2, 0.25) is 0 Å². The maximum absolute atomic E-state index is 12.6. The van der Waals surface area contributed by atoms with Crippen molar-refractivity contribution in [3.05, 3.63) is 96.1 Å². The van der Waals surface area contributed by atoms with E-state index in [0.717, 1.165) is 39.2 Å². The highest BCUT2D eigenvalue weighted by Gasteiger charge is 2.24. The van der Waals surface area contributed by atoms with Crippen molar-refractivity contribution in [3.8, 4) is 28.6 Å². The van der Waals surface area contributed by atoms with E-state index in [-0.39, 0.29) is 17.4 Å². The van der Waals surface area contributed by atoms with Crippen LogP contribution in [0.4, 0.5) is 0 Å². The number of aromatic nitrogens is 3. The van der Waals surface area contributed by atoms with Gasteiger partial charge in [0.15, 0.2) is 0 Å². The van der Waals surface area contributed by atoms with Gasteiger partial charge in [0.05, 0.1) is 29.7 Å². The summed E-state index contributed by atoms with van der Waals surface area (Å²) >= 11 is 1.28. The second-order valence-electron chi connectivity index (χ2n) is 8.56. The monoisotopic (exact) mass is 524 g/mol. The molecule has 1 aromatic heterocycles. The zero-order valence-electron chi connectivity index (χ0n) is 20.9. The molecule has 0 aliphatic carbocycles. The average molecular weight is 525 g/mol. The second-order valence-corrected chi connectivity index (χ2v) is 9.50. The molecule has 0 atom stereocenters. The van der Waals surface area contributed by atoms with Crippen LogP contribution >= 0.6 is 11.8 Å². The summed E-state index contributed by atoms with van der Waals surface area (Å²) < 4.78 is 7.28. The Morgan fingerprint density at radius 2 is 1.84 bits per heavy atom. The maximum Gasteiger partial charge on any atom is 0.342 e. The summed E-state index contributed by atoms with van der Waals surface area (Å²) in [5.74, 6) is 1.43. The molecule has 0 saturated carbocycles. The first-order chi connectivity index (χ1) is 18.5. The first-order valence-electron chi connectivity index (χ1n) is 11.9. The summed E-state index contributed by atoms with van der Waals surface area (Å²) in [4.78, 5) is 12.6. The summed E-state index contributed by atoms with van der Waals surface area (Å²) in [6, 6.07) is 26.9. The van der Waals surface area contributed by atoms with Gasteiger partial charge >= 0.3 is 5.16 Å². The van der Waals surface area contributed by atoms with Crippen molar-refractivity contribution in [2.24, 2.45) is 5.10 Å². The van der Waals surface area contributed by atoms with Gasteiger partial charge in [-0.3, -0.25) is 4.79 Å². The van der Waals surface area contributed by atoms with Gasteiger partial charge in [-0.15, -0.1) is 5.10 Å². The number of hydrogen-bond donors (Lipinski definition) is 3. The highest BCUT2D eigenvalue weighted by atomic mass is 32.2. The number of hydrogen-bond acceptors (Lipinski definition) is 6. The van der Waals surface area contributed by atoms with Gasteiger partial charge in [-0.1, -0.05) is 48.0 Å². The summed E-state index contributed by atoms with van der Waals surface area (Å²) in [5, 5.41) is 24.4. The van der Waals surface area contributed by atoms with Crippen molar-refractivity contribution < 1.29 is 19.2 Å². The van der Waals surface area contributed by atoms with Gasteiger partial charge in [-0.2, -0.15) is 9.67 Å². The van der Waals surface area contributed by atoms with Gasteiger partial charge in [-0.05, 0) is 71.9 Å². The number of phenolic OH excluding ortho intramolecular Hbond substituents is 1. The number of ether oxygens (including phenoxy) is 1. The predicted molar refractivity (Wildman–Crippen MR) is 149 cm³/mol. The lowest BCUT2D eigenvalue weighted by Crippen LogP contribution is -2.34. The van der Waals surface area contributed by atoms with Crippen LogP contribution in [0.1, 0.15) is 11.1 Å². The Labute approximate surface area is 224 Å². The molecule has 0 fully saturated rings. The zero-order chi connectivity index (χ0) is 26.5. The summed E-state index contributed by atoms with van der Waals surface area (Å²) in [6.07, 6.45) is 1.46. The average Bonchev–Trinajstić information content (AvgIpc) is 3.37. The molecule has 0 saturated heterocycles. The molecule has 5 aromatic rings. The fourth-order valence-corrected chi connectivity index (χ4v) is 4.78. The third-order valence-electron chi connectivity index (χ3n) is 5.99. The largest absolute Gasteiger partial charge is 0.507 e. The molecule has 1 heterocycles. The Bertz CT molecular complexity index is 1610. The SMILES string of the molecule is COc1ccc(-[n+]2c(SCC(=O)N/N=C/c3c(O)ccc4ccccc34)n[nH]c2-c2ccc(C)cc2)cc1. The number of aromatic hydroxyl groups is 1. The second kappa shape index (κ2) is 11.2. The van der Waals surface area contributed by atoms with Crippen LogP contribution in [0, 0.1) is 6.92 Å². The molecule has 0 radical (unpaired) electrons. The van der Waals surface area contributed by atoms with E-state index in [1.54, 1.807) is 13.2 Å². The zero-order valence-corrected chi connectivity index (χ0v) is 21.7. The van der Waals surface area contributed by atoms with Gasteiger partial charge < -0.3 is 9.84 Å². The van der Waals surface area contributed by atoms with E-state index >= 15 is 0 Å². The van der Waals surface area contributed by atoms with Crippen LogP contribution in [0.15, 0.2) is 95.2 Å². The highest BCUT2D eigenvalue weighted by molar-refractivity contribution is 7.99. The number of aryl methyl sites for hydroxylation is 1. The van der Waals surface area contributed by atoms with Gasteiger partial charge in [0.25, 0.3) is 11.7 Å². The number of carbonyl (C=O) groups is 1. The van der Waals surface area contributed by atoms with Gasteiger partial charge in [0, 0.05) is 5.56 Å². The van der Waals surface area contributed by atoms with E-state index in [2.05, 4.69) is 20.7 Å². The van der Waals surface area contributed by atoms with E-state index in [4.69, 9.17) is 4.74 Å². The molecule has 190 valence electrons. The molecule has 0 bridgehead atoms. The number of carbonyl (C=O) groups excluding carboxylic acids is 1. The molecule has 3 N–H and O–H groups in total. The number of fused-ring (bicyclic) bond motifs is 1. The van der Waals surface area contributed by atoms with E-state index < -0.39 is 0 Å². The first kappa shape index (κ1) is 25.0.